The molecule has 22 heavy (non-hydrogen) atoms. The summed E-state index contributed by atoms with van der Waals surface area (Å²) in [5.74, 6) is 0. The number of hydrogen-bond acceptors (Lipinski definition) is 5. The molecule has 2 aromatic rings. The van der Waals surface area contributed by atoms with Gasteiger partial charge in [0, 0.05) is 17.2 Å². The molecule has 0 radical (unpaired) electrons. The third-order valence-electron chi connectivity index (χ3n) is 2.58. The van der Waals surface area contributed by atoms with E-state index in [-0.39, 0.29) is 15.6 Å². The van der Waals surface area contributed by atoms with Gasteiger partial charge in [0.05, 0.1) is 22.1 Å². The van der Waals surface area contributed by atoms with Crippen LogP contribution in [0.1, 0.15) is 11.1 Å². The van der Waals surface area contributed by atoms with Crippen LogP contribution in [0.5, 0.6) is 0 Å². The Hall–Kier alpha value is -2.60. The summed E-state index contributed by atoms with van der Waals surface area (Å²) in [6, 6.07) is 7.14. The highest BCUT2D eigenvalue weighted by atomic mass is 32.2. The van der Waals surface area contributed by atoms with Crippen molar-refractivity contribution in [2.45, 2.75) is 16.1 Å². The highest BCUT2D eigenvalue weighted by Crippen LogP contribution is 2.38. The molecule has 0 N–H and O–H groups in total. The van der Waals surface area contributed by atoms with Crippen molar-refractivity contribution in [1.82, 2.24) is 4.98 Å². The van der Waals surface area contributed by atoms with Gasteiger partial charge >= 0.3 is 11.9 Å². The first kappa shape index (κ1) is 15.8. The lowest BCUT2D eigenvalue weighted by atomic mass is 10.1. The van der Waals surface area contributed by atoms with E-state index in [1.807, 2.05) is 0 Å². The van der Waals surface area contributed by atoms with Gasteiger partial charge in [0.1, 0.15) is 0 Å². The van der Waals surface area contributed by atoms with Crippen LogP contribution in [-0.2, 0) is 6.18 Å². The van der Waals surface area contributed by atoms with E-state index in [2.05, 4.69) is 4.98 Å². The molecule has 9 heteroatoms. The Bertz CT molecular complexity index is 772. The first-order chi connectivity index (χ1) is 10.3. The number of nitrogens with zero attached hydrogens (tertiary/aromatic N) is 3. The third-order valence-corrected chi connectivity index (χ3v) is 3.58. The van der Waals surface area contributed by atoms with Crippen LogP contribution in [0, 0.1) is 21.4 Å². The van der Waals surface area contributed by atoms with Crippen molar-refractivity contribution in [2.75, 3.05) is 0 Å². The second-order valence-corrected chi connectivity index (χ2v) is 5.07. The minimum absolute atomic E-state index is 0.0228. The molecule has 0 saturated heterocycles. The number of halogens is 3. The molecule has 0 aliphatic carbocycles. The van der Waals surface area contributed by atoms with Gasteiger partial charge in [-0.1, -0.05) is 11.8 Å². The van der Waals surface area contributed by atoms with Gasteiger partial charge in [0.25, 0.3) is 0 Å². The number of nitriles is 1. The molecule has 0 bridgehead atoms. The minimum atomic E-state index is -4.68. The van der Waals surface area contributed by atoms with Crippen LogP contribution in [0.15, 0.2) is 46.5 Å². The maximum absolute atomic E-state index is 12.9. The maximum Gasteiger partial charge on any atom is 0.417 e. The molecule has 0 aliphatic heterocycles. The largest absolute Gasteiger partial charge is 0.417 e. The average Bonchev–Trinajstić information content (AvgIpc) is 2.46. The van der Waals surface area contributed by atoms with Crippen molar-refractivity contribution in [2.24, 2.45) is 0 Å². The van der Waals surface area contributed by atoms with Gasteiger partial charge in [-0.15, -0.1) is 0 Å². The number of nitro groups is 1. The molecule has 0 spiro atoms. The topological polar surface area (TPSA) is 79.8 Å². The van der Waals surface area contributed by atoms with E-state index in [9.17, 15) is 23.3 Å². The summed E-state index contributed by atoms with van der Waals surface area (Å²) >= 11 is 0.730. The predicted octanol–water partition coefficient (Wildman–Crippen LogP) is 4.03. The molecule has 1 heterocycles. The summed E-state index contributed by atoms with van der Waals surface area (Å²) in [5, 5.41) is 19.6. The van der Waals surface area contributed by atoms with E-state index < -0.39 is 22.2 Å². The van der Waals surface area contributed by atoms with Gasteiger partial charge < -0.3 is 0 Å². The van der Waals surface area contributed by atoms with Crippen molar-refractivity contribution < 1.29 is 18.1 Å². The molecule has 0 aliphatic rings. The molecule has 0 unspecified atom stereocenters. The highest BCUT2D eigenvalue weighted by Gasteiger charge is 2.34. The van der Waals surface area contributed by atoms with Crippen molar-refractivity contribution in [3.63, 3.8) is 0 Å². The van der Waals surface area contributed by atoms with E-state index in [1.165, 1.54) is 30.5 Å². The van der Waals surface area contributed by atoms with E-state index in [4.69, 9.17) is 5.26 Å². The van der Waals surface area contributed by atoms with Crippen molar-refractivity contribution >= 4 is 17.4 Å². The first-order valence-electron chi connectivity index (χ1n) is 5.71. The van der Waals surface area contributed by atoms with Crippen LogP contribution in [0.25, 0.3) is 0 Å². The smallest absolute Gasteiger partial charge is 0.258 e. The number of aromatic nitrogens is 1. The fourth-order valence-corrected chi connectivity index (χ4v) is 2.53. The Labute approximate surface area is 126 Å². The quantitative estimate of drug-likeness (QED) is 0.628. The SMILES string of the molecule is N#Cc1ccc(Sc2ncccc2[N+](=O)[O-])cc1C(F)(F)F. The van der Waals surface area contributed by atoms with Crippen LogP contribution in [0.4, 0.5) is 18.9 Å². The average molecular weight is 325 g/mol. The molecule has 1 aromatic carbocycles. The molecule has 0 atom stereocenters. The summed E-state index contributed by atoms with van der Waals surface area (Å²) in [6.07, 6.45) is -3.37. The maximum atomic E-state index is 12.9. The van der Waals surface area contributed by atoms with Gasteiger partial charge in [-0.05, 0) is 24.3 Å². The van der Waals surface area contributed by atoms with Crippen LogP contribution in [-0.4, -0.2) is 9.91 Å². The Kier molecular flexibility index (Phi) is 4.32. The summed E-state index contributed by atoms with van der Waals surface area (Å²) in [7, 11) is 0. The molecule has 1 aromatic heterocycles. The van der Waals surface area contributed by atoms with Crippen molar-refractivity contribution in [1.29, 1.82) is 5.26 Å². The van der Waals surface area contributed by atoms with Gasteiger partial charge in [0.15, 0.2) is 5.03 Å². The fraction of sp³-hybridized carbons (Fsp3) is 0.0769. The van der Waals surface area contributed by atoms with E-state index >= 15 is 0 Å². The number of alkyl halides is 3. The molecule has 5 nitrogen and oxygen atoms in total. The number of pyridine rings is 1. The number of rotatable bonds is 3. The Morgan fingerprint density at radius 3 is 2.64 bits per heavy atom. The molecule has 0 fully saturated rings. The van der Waals surface area contributed by atoms with Gasteiger partial charge in [-0.2, -0.15) is 18.4 Å². The lowest BCUT2D eigenvalue weighted by Gasteiger charge is -2.10. The van der Waals surface area contributed by atoms with Crippen LogP contribution < -0.4 is 0 Å². The van der Waals surface area contributed by atoms with Crippen LogP contribution in [0.2, 0.25) is 0 Å². The Balaban J connectivity index is 2.44. The van der Waals surface area contributed by atoms with Gasteiger partial charge in [-0.25, -0.2) is 4.98 Å². The zero-order valence-corrected chi connectivity index (χ0v) is 11.5. The lowest BCUT2D eigenvalue weighted by molar-refractivity contribution is -0.388. The molecular weight excluding hydrogens is 319 g/mol. The first-order valence-corrected chi connectivity index (χ1v) is 6.53. The predicted molar refractivity (Wildman–Crippen MR) is 71.2 cm³/mol. The van der Waals surface area contributed by atoms with Crippen molar-refractivity contribution in [3.8, 4) is 6.07 Å². The molecule has 2 rings (SSSR count). The molecule has 112 valence electrons. The Morgan fingerprint density at radius 2 is 2.05 bits per heavy atom. The second-order valence-electron chi connectivity index (χ2n) is 4.00. The highest BCUT2D eigenvalue weighted by molar-refractivity contribution is 7.99. The standard InChI is InChI=1S/C13H6F3N3O2S/c14-13(15,16)10-6-9(4-3-8(10)7-17)22-12-11(19(20)21)2-1-5-18-12/h1-6H. The normalized spacial score (nSPS) is 11.0. The summed E-state index contributed by atoms with van der Waals surface area (Å²) in [5.41, 5.74) is -1.89. The summed E-state index contributed by atoms with van der Waals surface area (Å²) in [6.45, 7) is 0. The van der Waals surface area contributed by atoms with E-state index in [1.54, 1.807) is 0 Å². The van der Waals surface area contributed by atoms with Crippen LogP contribution >= 0.6 is 11.8 Å². The molecule has 0 amide bonds. The second kappa shape index (κ2) is 6.03. The number of benzene rings is 1. The van der Waals surface area contributed by atoms with Gasteiger partial charge in [0.2, 0.25) is 0 Å². The summed E-state index contributed by atoms with van der Waals surface area (Å²) < 4.78 is 38.6. The van der Waals surface area contributed by atoms with Crippen LogP contribution in [0.3, 0.4) is 0 Å². The van der Waals surface area contributed by atoms with E-state index in [0.29, 0.717) is 0 Å². The molecular formula is C13H6F3N3O2S. The fourth-order valence-electron chi connectivity index (χ4n) is 1.63. The monoisotopic (exact) mass is 325 g/mol. The Morgan fingerprint density at radius 1 is 1.32 bits per heavy atom. The summed E-state index contributed by atoms with van der Waals surface area (Å²) in [4.78, 5) is 14.1. The number of hydrogen-bond donors (Lipinski definition) is 0. The van der Waals surface area contributed by atoms with Crippen molar-refractivity contribution in [3.05, 3.63) is 57.8 Å². The van der Waals surface area contributed by atoms with E-state index in [0.717, 1.165) is 23.9 Å². The molecule has 0 saturated carbocycles. The zero-order valence-electron chi connectivity index (χ0n) is 10.7. The zero-order chi connectivity index (χ0) is 16.3. The minimum Gasteiger partial charge on any atom is -0.258 e. The van der Waals surface area contributed by atoms with Gasteiger partial charge in [-0.3, -0.25) is 10.1 Å². The lowest BCUT2D eigenvalue weighted by Crippen LogP contribution is -2.07. The third kappa shape index (κ3) is 3.35.